The number of para-hydroxylation sites is 1. The highest BCUT2D eigenvalue weighted by Gasteiger charge is 2.10. The maximum Gasteiger partial charge on any atom is 0.323 e. The molecule has 0 unspecified atom stereocenters. The monoisotopic (exact) mass is 357 g/mol. The summed E-state index contributed by atoms with van der Waals surface area (Å²) >= 11 is 0. The van der Waals surface area contributed by atoms with Crippen LogP contribution in [0.3, 0.4) is 0 Å². The number of amides is 2. The first-order valence-electron chi connectivity index (χ1n) is 8.64. The molecule has 2 N–H and O–H groups in total. The highest BCUT2D eigenvalue weighted by molar-refractivity contribution is 6.01. The normalized spacial score (nSPS) is 10.7. The van der Waals surface area contributed by atoms with Gasteiger partial charge in [-0.3, -0.25) is 4.40 Å². The SMILES string of the molecule is Cc1ccccc1NC(=O)Nc1cc(-c2cn3cccnc3n2)ccc1C. The quantitative estimate of drug-likeness (QED) is 0.560. The number of hydrogen-bond acceptors (Lipinski definition) is 3. The molecule has 6 nitrogen and oxygen atoms in total. The first kappa shape index (κ1) is 16.8. The molecule has 2 aromatic heterocycles. The molecule has 2 amide bonds. The number of carbonyl (C=O) groups is 1. The van der Waals surface area contributed by atoms with Crippen molar-refractivity contribution in [2.45, 2.75) is 13.8 Å². The van der Waals surface area contributed by atoms with Crippen molar-refractivity contribution in [1.29, 1.82) is 0 Å². The number of urea groups is 1. The molecule has 0 fully saturated rings. The van der Waals surface area contributed by atoms with Gasteiger partial charge >= 0.3 is 6.03 Å². The second kappa shape index (κ2) is 6.92. The number of imidazole rings is 1. The number of rotatable bonds is 3. The molecule has 0 aliphatic heterocycles. The zero-order chi connectivity index (χ0) is 18.8. The molecular weight excluding hydrogens is 338 g/mol. The van der Waals surface area contributed by atoms with Crippen LogP contribution in [0.4, 0.5) is 16.2 Å². The van der Waals surface area contributed by atoms with Gasteiger partial charge in [-0.1, -0.05) is 30.3 Å². The lowest BCUT2D eigenvalue weighted by Crippen LogP contribution is -2.20. The highest BCUT2D eigenvalue weighted by atomic mass is 16.2. The number of hydrogen-bond donors (Lipinski definition) is 2. The summed E-state index contributed by atoms with van der Waals surface area (Å²) in [6, 6.07) is 15.1. The van der Waals surface area contributed by atoms with Gasteiger partial charge in [-0.2, -0.15) is 0 Å². The van der Waals surface area contributed by atoms with Crippen LogP contribution in [-0.4, -0.2) is 20.4 Å². The number of fused-ring (bicyclic) bond motifs is 1. The van der Waals surface area contributed by atoms with Crippen molar-refractivity contribution in [2.75, 3.05) is 10.6 Å². The van der Waals surface area contributed by atoms with E-state index in [1.54, 1.807) is 6.20 Å². The number of aryl methyl sites for hydroxylation is 2. The summed E-state index contributed by atoms with van der Waals surface area (Å²) in [6.07, 6.45) is 5.54. The van der Waals surface area contributed by atoms with Crippen molar-refractivity contribution in [3.8, 4) is 11.3 Å². The highest BCUT2D eigenvalue weighted by Crippen LogP contribution is 2.25. The Bertz CT molecular complexity index is 1100. The lowest BCUT2D eigenvalue weighted by atomic mass is 10.1. The Hall–Kier alpha value is -3.67. The van der Waals surface area contributed by atoms with Gasteiger partial charge in [0.05, 0.1) is 5.69 Å². The molecule has 0 atom stereocenters. The molecule has 4 aromatic rings. The van der Waals surface area contributed by atoms with E-state index in [0.29, 0.717) is 5.78 Å². The van der Waals surface area contributed by atoms with E-state index in [4.69, 9.17) is 0 Å². The number of nitrogens with zero attached hydrogens (tertiary/aromatic N) is 3. The third-order valence-electron chi connectivity index (χ3n) is 4.41. The van der Waals surface area contributed by atoms with Crippen molar-refractivity contribution < 1.29 is 4.79 Å². The number of benzene rings is 2. The maximum absolute atomic E-state index is 12.4. The lowest BCUT2D eigenvalue weighted by Gasteiger charge is -2.12. The molecule has 4 rings (SSSR count). The van der Waals surface area contributed by atoms with Crippen molar-refractivity contribution in [3.63, 3.8) is 0 Å². The van der Waals surface area contributed by atoms with Crippen LogP contribution in [0.15, 0.2) is 67.1 Å². The van der Waals surface area contributed by atoms with E-state index in [1.807, 2.05) is 79.2 Å². The fourth-order valence-corrected chi connectivity index (χ4v) is 2.87. The van der Waals surface area contributed by atoms with Crippen LogP contribution in [0.2, 0.25) is 0 Å². The number of carbonyl (C=O) groups excluding carboxylic acids is 1. The third kappa shape index (κ3) is 3.50. The van der Waals surface area contributed by atoms with Crippen LogP contribution in [0.1, 0.15) is 11.1 Å². The first-order chi connectivity index (χ1) is 13.1. The Morgan fingerprint density at radius 1 is 0.963 bits per heavy atom. The molecule has 0 saturated carbocycles. The fraction of sp³-hybridized carbons (Fsp3) is 0.0952. The average Bonchev–Trinajstić information content (AvgIpc) is 3.09. The third-order valence-corrected chi connectivity index (χ3v) is 4.41. The van der Waals surface area contributed by atoms with Crippen molar-refractivity contribution >= 4 is 23.2 Å². The van der Waals surface area contributed by atoms with Crippen LogP contribution in [0.5, 0.6) is 0 Å². The average molecular weight is 357 g/mol. The molecule has 6 heteroatoms. The summed E-state index contributed by atoms with van der Waals surface area (Å²) in [4.78, 5) is 21.2. The zero-order valence-corrected chi connectivity index (χ0v) is 15.1. The number of aromatic nitrogens is 3. The van der Waals surface area contributed by atoms with E-state index in [-0.39, 0.29) is 6.03 Å². The van der Waals surface area contributed by atoms with E-state index in [1.165, 1.54) is 0 Å². The molecular formula is C21H19N5O. The van der Waals surface area contributed by atoms with E-state index < -0.39 is 0 Å². The molecule has 2 heterocycles. The maximum atomic E-state index is 12.4. The van der Waals surface area contributed by atoms with Gasteiger partial charge in [0.15, 0.2) is 0 Å². The summed E-state index contributed by atoms with van der Waals surface area (Å²) in [5, 5.41) is 5.82. The predicted octanol–water partition coefficient (Wildman–Crippen LogP) is 4.66. The van der Waals surface area contributed by atoms with Crippen molar-refractivity contribution in [1.82, 2.24) is 14.4 Å². The molecule has 0 spiro atoms. The van der Waals surface area contributed by atoms with Crippen LogP contribution in [0.25, 0.3) is 17.0 Å². The second-order valence-electron chi connectivity index (χ2n) is 6.38. The zero-order valence-electron chi connectivity index (χ0n) is 15.1. The molecule has 0 aliphatic carbocycles. The minimum atomic E-state index is -0.277. The number of anilines is 2. The Morgan fingerprint density at radius 2 is 1.74 bits per heavy atom. The minimum absolute atomic E-state index is 0.277. The summed E-state index contributed by atoms with van der Waals surface area (Å²) in [7, 11) is 0. The second-order valence-corrected chi connectivity index (χ2v) is 6.38. The van der Waals surface area contributed by atoms with Gasteiger partial charge < -0.3 is 10.6 Å². The summed E-state index contributed by atoms with van der Waals surface area (Å²) in [5.41, 5.74) is 5.23. The van der Waals surface area contributed by atoms with Gasteiger partial charge in [-0.15, -0.1) is 0 Å². The van der Waals surface area contributed by atoms with Gasteiger partial charge in [0.25, 0.3) is 0 Å². The molecule has 0 radical (unpaired) electrons. The van der Waals surface area contributed by atoms with Gasteiger partial charge in [0.2, 0.25) is 5.78 Å². The lowest BCUT2D eigenvalue weighted by molar-refractivity contribution is 0.262. The van der Waals surface area contributed by atoms with Crippen molar-refractivity contribution in [2.24, 2.45) is 0 Å². The van der Waals surface area contributed by atoms with Crippen LogP contribution >= 0.6 is 0 Å². The molecule has 134 valence electrons. The van der Waals surface area contributed by atoms with Crippen LogP contribution in [-0.2, 0) is 0 Å². The van der Waals surface area contributed by atoms with Gasteiger partial charge in [-0.25, -0.2) is 14.8 Å². The van der Waals surface area contributed by atoms with E-state index in [2.05, 4.69) is 20.6 Å². The molecule has 0 bridgehead atoms. The fourth-order valence-electron chi connectivity index (χ4n) is 2.87. The van der Waals surface area contributed by atoms with Crippen LogP contribution in [0, 0.1) is 13.8 Å². The summed E-state index contributed by atoms with van der Waals surface area (Å²) in [6.45, 7) is 3.91. The van der Waals surface area contributed by atoms with E-state index in [0.717, 1.165) is 33.8 Å². The van der Waals surface area contributed by atoms with Crippen LogP contribution < -0.4 is 10.6 Å². The summed E-state index contributed by atoms with van der Waals surface area (Å²) < 4.78 is 1.87. The Morgan fingerprint density at radius 3 is 2.56 bits per heavy atom. The Labute approximate surface area is 156 Å². The van der Waals surface area contributed by atoms with E-state index >= 15 is 0 Å². The van der Waals surface area contributed by atoms with Gasteiger partial charge in [-0.05, 0) is 43.2 Å². The Balaban J connectivity index is 1.59. The smallest absolute Gasteiger partial charge is 0.307 e. The summed E-state index contributed by atoms with van der Waals surface area (Å²) in [5.74, 6) is 0.639. The molecule has 27 heavy (non-hydrogen) atoms. The molecule has 0 saturated heterocycles. The van der Waals surface area contributed by atoms with E-state index in [9.17, 15) is 4.79 Å². The predicted molar refractivity (Wildman–Crippen MR) is 107 cm³/mol. The Kier molecular flexibility index (Phi) is 4.30. The number of nitrogens with one attached hydrogen (secondary N) is 2. The minimum Gasteiger partial charge on any atom is -0.307 e. The van der Waals surface area contributed by atoms with Crippen molar-refractivity contribution in [3.05, 3.63) is 78.2 Å². The molecule has 0 aliphatic rings. The largest absolute Gasteiger partial charge is 0.323 e. The van der Waals surface area contributed by atoms with Gasteiger partial charge in [0.1, 0.15) is 0 Å². The van der Waals surface area contributed by atoms with Gasteiger partial charge in [0, 0.05) is 35.5 Å². The first-order valence-corrected chi connectivity index (χ1v) is 8.64. The molecule has 2 aromatic carbocycles. The topological polar surface area (TPSA) is 71.3 Å². The standard InChI is InChI=1S/C21H19N5O/c1-14-6-3-4-7-17(14)24-21(27)25-18-12-16(9-8-15(18)2)19-13-26-11-5-10-22-20(26)23-19/h3-13H,1-2H3,(H2,24,25,27).